The number of primary sulfonamides is 1. The molecule has 31 heavy (non-hydrogen) atoms. The number of ether oxygens (including phenoxy) is 1. The lowest BCUT2D eigenvalue weighted by atomic mass is 10.1. The molecule has 0 fully saturated rings. The molecule has 0 atom stereocenters. The van der Waals surface area contributed by atoms with Gasteiger partial charge in [-0.25, -0.2) is 23.1 Å². The molecule has 160 valence electrons. The van der Waals surface area contributed by atoms with E-state index in [1.165, 1.54) is 18.2 Å². The maximum atomic E-state index is 12.8. The van der Waals surface area contributed by atoms with Gasteiger partial charge in [-0.3, -0.25) is 0 Å². The summed E-state index contributed by atoms with van der Waals surface area (Å²) in [4.78, 5) is 4.50. The summed E-state index contributed by atoms with van der Waals surface area (Å²) in [5.74, 6) is 0.0987. The van der Waals surface area contributed by atoms with Gasteiger partial charge in [0.25, 0.3) is 0 Å². The van der Waals surface area contributed by atoms with Crippen LogP contribution in [0.15, 0.2) is 65.6 Å². The highest BCUT2D eigenvalue weighted by Gasteiger charge is 2.16. The monoisotopic (exact) mass is 444 g/mol. The van der Waals surface area contributed by atoms with Crippen molar-refractivity contribution in [3.05, 3.63) is 77.6 Å². The smallest absolute Gasteiger partial charge is 0.387 e. The number of nitrogens with zero attached hydrogens (tertiary/aromatic N) is 3. The summed E-state index contributed by atoms with van der Waals surface area (Å²) in [5, 5.41) is 9.77. The number of sulfonamides is 1. The van der Waals surface area contributed by atoms with Crippen molar-refractivity contribution in [2.24, 2.45) is 5.14 Å². The first-order valence-electron chi connectivity index (χ1n) is 9.23. The Morgan fingerprint density at radius 1 is 1.06 bits per heavy atom. The summed E-state index contributed by atoms with van der Waals surface area (Å²) < 4.78 is 54.7. The number of hydrogen-bond acceptors (Lipinski definition) is 5. The third-order valence-corrected chi connectivity index (χ3v) is 5.72. The van der Waals surface area contributed by atoms with E-state index in [-0.39, 0.29) is 17.1 Å². The molecule has 2 heterocycles. The van der Waals surface area contributed by atoms with Gasteiger partial charge in [0.05, 0.1) is 22.0 Å². The molecule has 0 amide bonds. The highest BCUT2D eigenvalue weighted by Crippen LogP contribution is 2.26. The van der Waals surface area contributed by atoms with E-state index in [2.05, 4.69) is 14.8 Å². The second-order valence-corrected chi connectivity index (χ2v) is 8.43. The number of imidazole rings is 1. The molecule has 0 saturated heterocycles. The van der Waals surface area contributed by atoms with Gasteiger partial charge in [-0.1, -0.05) is 30.3 Å². The van der Waals surface area contributed by atoms with Crippen molar-refractivity contribution in [2.75, 3.05) is 0 Å². The average molecular weight is 444 g/mol. The lowest BCUT2D eigenvalue weighted by molar-refractivity contribution is -0.0504. The van der Waals surface area contributed by atoms with Gasteiger partial charge < -0.3 is 4.74 Å². The van der Waals surface area contributed by atoms with Crippen molar-refractivity contribution >= 4 is 15.7 Å². The standard InChI is InChI=1S/C21H18F2N4O3S/c1-13-18(12-15-4-2-3-5-19(15)30-21(22)23)27-20(25-13)11-10-17(26-27)14-6-8-16(9-7-14)31(24,28)29/h2-11,21H,12H2,1H3,(H2,24,28,29). The molecule has 0 bridgehead atoms. The Morgan fingerprint density at radius 2 is 1.77 bits per heavy atom. The van der Waals surface area contributed by atoms with Crippen LogP contribution in [0.3, 0.4) is 0 Å². The highest BCUT2D eigenvalue weighted by atomic mass is 32.2. The van der Waals surface area contributed by atoms with E-state index in [1.54, 1.807) is 47.0 Å². The van der Waals surface area contributed by atoms with Gasteiger partial charge in [-0.15, -0.1) is 0 Å². The summed E-state index contributed by atoms with van der Waals surface area (Å²) in [6.45, 7) is -1.10. The Labute approximate surface area is 177 Å². The third kappa shape index (κ3) is 4.39. The second kappa shape index (κ2) is 8.05. The number of rotatable bonds is 6. The van der Waals surface area contributed by atoms with Crippen LogP contribution in [0.4, 0.5) is 8.78 Å². The number of hydrogen-bond donors (Lipinski definition) is 1. The molecule has 0 saturated carbocycles. The fraction of sp³-hybridized carbons (Fsp3) is 0.143. The van der Waals surface area contributed by atoms with E-state index >= 15 is 0 Å². The van der Waals surface area contributed by atoms with Crippen molar-refractivity contribution in [1.82, 2.24) is 14.6 Å². The number of benzene rings is 2. The first kappa shape index (κ1) is 20.9. The fourth-order valence-electron chi connectivity index (χ4n) is 3.30. The maximum absolute atomic E-state index is 12.8. The minimum Gasteiger partial charge on any atom is -0.435 e. The van der Waals surface area contributed by atoms with Crippen LogP contribution in [0.5, 0.6) is 5.75 Å². The predicted octanol–water partition coefficient (Wildman–Crippen LogP) is 3.54. The molecule has 4 aromatic rings. The van der Waals surface area contributed by atoms with Gasteiger partial charge in [0.2, 0.25) is 10.0 Å². The number of alkyl halides is 2. The van der Waals surface area contributed by atoms with Gasteiger partial charge in [-0.05, 0) is 37.3 Å². The summed E-state index contributed by atoms with van der Waals surface area (Å²) in [7, 11) is -3.79. The molecule has 0 spiro atoms. The minimum absolute atomic E-state index is 0.00660. The zero-order valence-corrected chi connectivity index (χ0v) is 17.2. The lowest BCUT2D eigenvalue weighted by Crippen LogP contribution is -2.11. The summed E-state index contributed by atoms with van der Waals surface area (Å²) >= 11 is 0. The first-order valence-corrected chi connectivity index (χ1v) is 10.8. The largest absolute Gasteiger partial charge is 0.435 e. The number of halogens is 2. The average Bonchev–Trinajstić information content (AvgIpc) is 3.03. The summed E-state index contributed by atoms with van der Waals surface area (Å²) in [5.41, 5.74) is 3.89. The number of aryl methyl sites for hydroxylation is 1. The molecular weight excluding hydrogens is 426 g/mol. The van der Waals surface area contributed by atoms with Crippen LogP contribution in [0, 0.1) is 6.92 Å². The van der Waals surface area contributed by atoms with Gasteiger partial charge in [0.1, 0.15) is 5.75 Å². The minimum atomic E-state index is -3.79. The first-order chi connectivity index (χ1) is 14.7. The van der Waals surface area contributed by atoms with Crippen LogP contribution in [0.25, 0.3) is 16.9 Å². The molecule has 0 aliphatic carbocycles. The van der Waals surface area contributed by atoms with Gasteiger partial charge in [-0.2, -0.15) is 13.9 Å². The number of para-hydroxylation sites is 1. The fourth-order valence-corrected chi connectivity index (χ4v) is 3.82. The zero-order chi connectivity index (χ0) is 22.2. The van der Waals surface area contributed by atoms with E-state index in [1.807, 2.05) is 6.92 Å². The van der Waals surface area contributed by atoms with Gasteiger partial charge in [0, 0.05) is 17.5 Å². The van der Waals surface area contributed by atoms with Crippen molar-refractivity contribution < 1.29 is 21.9 Å². The Balaban J connectivity index is 1.74. The van der Waals surface area contributed by atoms with Crippen molar-refractivity contribution in [1.29, 1.82) is 0 Å². The molecule has 0 radical (unpaired) electrons. The normalized spacial score (nSPS) is 11.9. The highest BCUT2D eigenvalue weighted by molar-refractivity contribution is 7.89. The van der Waals surface area contributed by atoms with Crippen molar-refractivity contribution in [3.8, 4) is 17.0 Å². The molecular formula is C21H18F2N4O3S. The molecule has 7 nitrogen and oxygen atoms in total. The summed E-state index contributed by atoms with van der Waals surface area (Å²) in [6, 6.07) is 16.2. The molecule has 4 rings (SSSR count). The van der Waals surface area contributed by atoms with Crippen LogP contribution in [0.1, 0.15) is 17.0 Å². The van der Waals surface area contributed by atoms with E-state index in [0.717, 1.165) is 5.69 Å². The van der Waals surface area contributed by atoms with Crippen molar-refractivity contribution in [3.63, 3.8) is 0 Å². The van der Waals surface area contributed by atoms with E-state index in [0.29, 0.717) is 28.2 Å². The Morgan fingerprint density at radius 3 is 2.45 bits per heavy atom. The van der Waals surface area contributed by atoms with E-state index in [9.17, 15) is 17.2 Å². The number of aromatic nitrogens is 3. The van der Waals surface area contributed by atoms with Crippen LogP contribution >= 0.6 is 0 Å². The molecule has 2 aromatic heterocycles. The SMILES string of the molecule is Cc1nc2ccc(-c3ccc(S(N)(=O)=O)cc3)nn2c1Cc1ccccc1OC(F)F. The zero-order valence-electron chi connectivity index (χ0n) is 16.4. The second-order valence-electron chi connectivity index (χ2n) is 6.86. The predicted molar refractivity (Wildman–Crippen MR) is 110 cm³/mol. The van der Waals surface area contributed by atoms with E-state index < -0.39 is 16.6 Å². The number of fused-ring (bicyclic) bond motifs is 1. The lowest BCUT2D eigenvalue weighted by Gasteiger charge is -2.11. The third-order valence-electron chi connectivity index (χ3n) is 4.80. The Kier molecular flexibility index (Phi) is 5.42. The number of nitrogens with two attached hydrogens (primary N) is 1. The van der Waals surface area contributed by atoms with Crippen LogP contribution in [-0.2, 0) is 16.4 Å². The maximum Gasteiger partial charge on any atom is 0.387 e. The molecule has 2 aromatic carbocycles. The van der Waals surface area contributed by atoms with Gasteiger partial charge >= 0.3 is 6.61 Å². The van der Waals surface area contributed by atoms with Crippen LogP contribution < -0.4 is 9.88 Å². The molecule has 10 heteroatoms. The molecule has 0 unspecified atom stereocenters. The molecule has 2 N–H and O–H groups in total. The van der Waals surface area contributed by atoms with E-state index in [4.69, 9.17) is 5.14 Å². The molecule has 0 aliphatic rings. The quantitative estimate of drug-likeness (QED) is 0.490. The van der Waals surface area contributed by atoms with Crippen molar-refractivity contribution in [2.45, 2.75) is 24.9 Å². The Hall–Kier alpha value is -3.37. The van der Waals surface area contributed by atoms with Gasteiger partial charge in [0.15, 0.2) is 5.65 Å². The van der Waals surface area contributed by atoms with Crippen LogP contribution in [-0.4, -0.2) is 29.6 Å². The Bertz CT molecular complexity index is 1350. The van der Waals surface area contributed by atoms with Crippen LogP contribution in [0.2, 0.25) is 0 Å². The summed E-state index contributed by atoms with van der Waals surface area (Å²) in [6.07, 6.45) is 0.288. The topological polar surface area (TPSA) is 99.6 Å². The molecule has 0 aliphatic heterocycles.